The molecule has 2 unspecified atom stereocenters. The fourth-order valence-corrected chi connectivity index (χ4v) is 2.69. The number of nitrogens with one attached hydrogen (secondary N) is 1. The first-order chi connectivity index (χ1) is 8.70. The van der Waals surface area contributed by atoms with E-state index in [4.69, 9.17) is 0 Å². The van der Waals surface area contributed by atoms with E-state index in [-0.39, 0.29) is 12.1 Å². The van der Waals surface area contributed by atoms with Crippen molar-refractivity contribution in [3.05, 3.63) is 23.9 Å². The minimum absolute atomic E-state index is 0.184. The van der Waals surface area contributed by atoms with Gasteiger partial charge in [-0.2, -0.15) is 0 Å². The number of aliphatic hydroxyl groups excluding tert-OH is 1. The summed E-state index contributed by atoms with van der Waals surface area (Å²) in [4.78, 5) is 6.74. The molecule has 0 aromatic carbocycles. The summed E-state index contributed by atoms with van der Waals surface area (Å²) in [7, 11) is 3.95. The van der Waals surface area contributed by atoms with Crippen molar-refractivity contribution in [3.63, 3.8) is 0 Å². The van der Waals surface area contributed by atoms with Gasteiger partial charge in [0.15, 0.2) is 0 Å². The number of nitrogens with zero attached hydrogens (tertiary/aromatic N) is 2. The van der Waals surface area contributed by atoms with E-state index in [2.05, 4.69) is 22.2 Å². The van der Waals surface area contributed by atoms with Crippen molar-refractivity contribution in [1.29, 1.82) is 0 Å². The Kier molecular flexibility index (Phi) is 4.55. The van der Waals surface area contributed by atoms with Crippen LogP contribution >= 0.6 is 0 Å². The summed E-state index contributed by atoms with van der Waals surface area (Å²) >= 11 is 0. The van der Waals surface area contributed by atoms with Gasteiger partial charge in [-0.1, -0.05) is 18.9 Å². The average Bonchev–Trinajstić information content (AvgIpc) is 2.39. The first-order valence-corrected chi connectivity index (χ1v) is 6.72. The summed E-state index contributed by atoms with van der Waals surface area (Å²) in [5.74, 6) is 0.894. The number of aliphatic hydroxyl groups is 1. The van der Waals surface area contributed by atoms with Gasteiger partial charge in [0.25, 0.3) is 0 Å². The summed E-state index contributed by atoms with van der Waals surface area (Å²) in [6.45, 7) is 0.789. The van der Waals surface area contributed by atoms with Gasteiger partial charge in [0.2, 0.25) is 0 Å². The van der Waals surface area contributed by atoms with Gasteiger partial charge in [0.05, 0.1) is 11.8 Å². The Morgan fingerprint density at radius 1 is 1.39 bits per heavy atom. The van der Waals surface area contributed by atoms with Crippen LogP contribution in [0.15, 0.2) is 18.2 Å². The fraction of sp³-hybridized carbons (Fsp3) is 0.643. The molecule has 1 aliphatic rings. The Balaban J connectivity index is 1.98. The summed E-state index contributed by atoms with van der Waals surface area (Å²) in [6.07, 6.45) is 4.20. The number of aromatic nitrogens is 1. The van der Waals surface area contributed by atoms with Gasteiger partial charge in [0, 0.05) is 19.6 Å². The lowest BCUT2D eigenvalue weighted by atomic mass is 9.91. The van der Waals surface area contributed by atoms with Crippen molar-refractivity contribution < 1.29 is 5.11 Å². The second kappa shape index (κ2) is 6.16. The zero-order valence-corrected chi connectivity index (χ0v) is 11.3. The van der Waals surface area contributed by atoms with Crippen LogP contribution in [0.3, 0.4) is 0 Å². The van der Waals surface area contributed by atoms with Crippen molar-refractivity contribution in [2.45, 2.75) is 44.4 Å². The maximum Gasteiger partial charge on any atom is 0.126 e. The normalized spacial score (nSPS) is 24.2. The lowest BCUT2D eigenvalue weighted by molar-refractivity contribution is 0.0284. The topological polar surface area (TPSA) is 48.4 Å². The Bertz CT molecular complexity index is 383. The zero-order valence-electron chi connectivity index (χ0n) is 11.3. The lowest BCUT2D eigenvalue weighted by Gasteiger charge is -2.35. The molecule has 1 aromatic rings. The van der Waals surface area contributed by atoms with Crippen LogP contribution in [0.4, 0.5) is 5.82 Å². The molecule has 4 nitrogen and oxygen atoms in total. The average molecular weight is 249 g/mol. The predicted molar refractivity (Wildman–Crippen MR) is 73.5 cm³/mol. The van der Waals surface area contributed by atoms with Crippen LogP contribution in [0.25, 0.3) is 0 Å². The van der Waals surface area contributed by atoms with Crippen molar-refractivity contribution in [3.8, 4) is 0 Å². The molecule has 0 aliphatic heterocycles. The fourth-order valence-electron chi connectivity index (χ4n) is 2.69. The van der Waals surface area contributed by atoms with Crippen LogP contribution in [0, 0.1) is 0 Å². The number of hydrogen-bond acceptors (Lipinski definition) is 4. The van der Waals surface area contributed by atoms with Gasteiger partial charge in [-0.25, -0.2) is 4.98 Å². The molecule has 0 bridgehead atoms. The molecule has 0 radical (unpaired) electrons. The van der Waals surface area contributed by atoms with Gasteiger partial charge in [-0.05, 0) is 32.0 Å². The van der Waals surface area contributed by atoms with Gasteiger partial charge >= 0.3 is 0 Å². The lowest BCUT2D eigenvalue weighted by Crippen LogP contribution is -2.43. The zero-order chi connectivity index (χ0) is 13.0. The molecule has 100 valence electrons. The highest BCUT2D eigenvalue weighted by Gasteiger charge is 2.26. The first-order valence-electron chi connectivity index (χ1n) is 6.72. The molecule has 0 spiro atoms. The number of rotatable bonds is 4. The van der Waals surface area contributed by atoms with E-state index in [9.17, 15) is 5.11 Å². The van der Waals surface area contributed by atoms with Crippen LogP contribution in [0.2, 0.25) is 0 Å². The molecule has 1 fully saturated rings. The third-order valence-corrected chi connectivity index (χ3v) is 3.73. The Labute approximate surface area is 109 Å². The maximum atomic E-state index is 10.0. The van der Waals surface area contributed by atoms with Gasteiger partial charge < -0.3 is 10.4 Å². The molecule has 1 heterocycles. The quantitative estimate of drug-likeness (QED) is 0.855. The molecule has 4 heteroatoms. The number of likely N-dealkylation sites (N-methyl/N-ethyl adjacent to an activating group) is 1. The van der Waals surface area contributed by atoms with Gasteiger partial charge in [-0.3, -0.25) is 4.90 Å². The van der Waals surface area contributed by atoms with E-state index in [1.54, 1.807) is 0 Å². The molecule has 1 saturated carbocycles. The minimum atomic E-state index is -0.184. The molecule has 2 N–H and O–H groups in total. The first kappa shape index (κ1) is 13.3. The predicted octanol–water partition coefficient (Wildman–Crippen LogP) is 1.86. The highest BCUT2D eigenvalue weighted by Crippen LogP contribution is 2.23. The van der Waals surface area contributed by atoms with E-state index in [0.717, 1.165) is 37.3 Å². The summed E-state index contributed by atoms with van der Waals surface area (Å²) in [5.41, 5.74) is 1.04. The number of pyridine rings is 1. The molecule has 1 aliphatic carbocycles. The summed E-state index contributed by atoms with van der Waals surface area (Å²) in [6, 6.07) is 6.28. The third-order valence-electron chi connectivity index (χ3n) is 3.73. The number of anilines is 1. The molecule has 1 aromatic heterocycles. The Morgan fingerprint density at radius 3 is 2.89 bits per heavy atom. The molecular formula is C14H23N3O. The summed E-state index contributed by atoms with van der Waals surface area (Å²) in [5, 5.41) is 13.1. The Morgan fingerprint density at radius 2 is 2.17 bits per heavy atom. The molecule has 2 rings (SSSR count). The van der Waals surface area contributed by atoms with E-state index < -0.39 is 0 Å². The molecule has 0 amide bonds. The standard InChI is InChI=1S/C14H23N3O/c1-15-14-9-5-6-11(16-14)10-17(2)12-7-3-4-8-13(12)18/h5-6,9,12-13,18H,3-4,7-8,10H2,1-2H3,(H,15,16). The van der Waals surface area contributed by atoms with Crippen LogP contribution < -0.4 is 5.32 Å². The van der Waals surface area contributed by atoms with Gasteiger partial charge in [-0.15, -0.1) is 0 Å². The van der Waals surface area contributed by atoms with Crippen molar-refractivity contribution in [2.24, 2.45) is 0 Å². The largest absolute Gasteiger partial charge is 0.391 e. The van der Waals surface area contributed by atoms with Crippen LogP contribution in [-0.2, 0) is 6.54 Å². The Hall–Kier alpha value is -1.13. The SMILES string of the molecule is CNc1cccc(CN(C)C2CCCCC2O)n1. The number of hydrogen-bond donors (Lipinski definition) is 2. The van der Waals surface area contributed by atoms with Crippen molar-refractivity contribution in [1.82, 2.24) is 9.88 Å². The van der Waals surface area contributed by atoms with Crippen LogP contribution in [-0.4, -0.2) is 41.2 Å². The molecule has 0 saturated heterocycles. The minimum Gasteiger partial charge on any atom is -0.391 e. The highest BCUT2D eigenvalue weighted by atomic mass is 16.3. The monoisotopic (exact) mass is 249 g/mol. The van der Waals surface area contributed by atoms with Crippen molar-refractivity contribution >= 4 is 5.82 Å². The second-order valence-corrected chi connectivity index (χ2v) is 5.10. The third kappa shape index (κ3) is 3.21. The maximum absolute atomic E-state index is 10.0. The molecule has 2 atom stereocenters. The molecule has 18 heavy (non-hydrogen) atoms. The van der Waals surface area contributed by atoms with E-state index in [0.29, 0.717) is 0 Å². The van der Waals surface area contributed by atoms with Crippen LogP contribution in [0.1, 0.15) is 31.4 Å². The van der Waals surface area contributed by atoms with Gasteiger partial charge in [0.1, 0.15) is 5.82 Å². The van der Waals surface area contributed by atoms with Crippen molar-refractivity contribution in [2.75, 3.05) is 19.4 Å². The van der Waals surface area contributed by atoms with E-state index >= 15 is 0 Å². The van der Waals surface area contributed by atoms with E-state index in [1.807, 2.05) is 25.2 Å². The van der Waals surface area contributed by atoms with Crippen LogP contribution in [0.5, 0.6) is 0 Å². The van der Waals surface area contributed by atoms with E-state index in [1.165, 1.54) is 6.42 Å². The second-order valence-electron chi connectivity index (χ2n) is 5.10. The smallest absolute Gasteiger partial charge is 0.126 e. The molecular weight excluding hydrogens is 226 g/mol. The highest BCUT2D eigenvalue weighted by molar-refractivity contribution is 5.34. The summed E-state index contributed by atoms with van der Waals surface area (Å²) < 4.78 is 0.